The Morgan fingerprint density at radius 3 is 1.72 bits per heavy atom. The Labute approximate surface area is 157 Å². The van der Waals surface area contributed by atoms with Crippen LogP contribution in [0.5, 0.6) is 0 Å². The van der Waals surface area contributed by atoms with Gasteiger partial charge >= 0.3 is 0 Å². The number of hydrogen-bond donors (Lipinski definition) is 0. The van der Waals surface area contributed by atoms with E-state index in [-0.39, 0.29) is 11.8 Å². The first-order valence-electron chi connectivity index (χ1n) is 9.38. The van der Waals surface area contributed by atoms with Crippen LogP contribution in [0, 0.1) is 0 Å². The number of amides is 2. The van der Waals surface area contributed by atoms with Gasteiger partial charge in [-0.25, -0.2) is 0 Å². The monoisotopic (exact) mass is 366 g/mol. The second kappa shape index (κ2) is 12.1. The van der Waals surface area contributed by atoms with E-state index >= 15 is 0 Å². The van der Waals surface area contributed by atoms with Gasteiger partial charge in [-0.15, -0.1) is 11.3 Å². The molecule has 142 valence electrons. The highest BCUT2D eigenvalue weighted by Gasteiger charge is 2.06. The predicted octanol–water partition coefficient (Wildman–Crippen LogP) is 4.13. The Bertz CT molecular complexity index is 524. The van der Waals surface area contributed by atoms with E-state index in [2.05, 4.69) is 12.1 Å². The van der Waals surface area contributed by atoms with Crippen LogP contribution in [0.25, 0.3) is 0 Å². The first-order valence-corrected chi connectivity index (χ1v) is 10.2. The average Bonchev–Trinajstić information content (AvgIpc) is 3.01. The lowest BCUT2D eigenvalue weighted by atomic mass is 10.1. The molecule has 0 saturated heterocycles. The van der Waals surface area contributed by atoms with Crippen LogP contribution in [0.4, 0.5) is 0 Å². The molecule has 1 aromatic rings. The minimum absolute atomic E-state index is 0.212. The van der Waals surface area contributed by atoms with Crippen LogP contribution in [0.15, 0.2) is 12.1 Å². The summed E-state index contributed by atoms with van der Waals surface area (Å²) in [6.45, 7) is 0. The van der Waals surface area contributed by atoms with Gasteiger partial charge in [0.2, 0.25) is 11.8 Å². The zero-order chi connectivity index (χ0) is 18.7. The zero-order valence-corrected chi connectivity index (χ0v) is 17.2. The van der Waals surface area contributed by atoms with Gasteiger partial charge in [-0.1, -0.05) is 19.3 Å². The second-order valence-electron chi connectivity index (χ2n) is 7.07. The summed E-state index contributed by atoms with van der Waals surface area (Å²) in [6.07, 6.45) is 10.2. The molecule has 0 atom stereocenters. The fourth-order valence-corrected chi connectivity index (χ4v) is 3.76. The maximum atomic E-state index is 11.6. The third-order valence-electron chi connectivity index (χ3n) is 4.34. The fourth-order valence-electron chi connectivity index (χ4n) is 2.66. The van der Waals surface area contributed by atoms with Gasteiger partial charge in [-0.3, -0.25) is 9.59 Å². The third-order valence-corrected chi connectivity index (χ3v) is 5.55. The van der Waals surface area contributed by atoms with E-state index in [1.807, 2.05) is 39.5 Å². The average molecular weight is 367 g/mol. The maximum Gasteiger partial charge on any atom is 0.222 e. The highest BCUT2D eigenvalue weighted by molar-refractivity contribution is 7.11. The highest BCUT2D eigenvalue weighted by atomic mass is 32.1. The number of carbonyl (C=O) groups excluding carboxylic acids is 2. The van der Waals surface area contributed by atoms with Crippen LogP contribution >= 0.6 is 11.3 Å². The molecule has 1 heterocycles. The van der Waals surface area contributed by atoms with E-state index in [9.17, 15) is 9.59 Å². The summed E-state index contributed by atoms with van der Waals surface area (Å²) < 4.78 is 0. The van der Waals surface area contributed by atoms with E-state index in [1.54, 1.807) is 9.80 Å². The third kappa shape index (κ3) is 9.63. The SMILES string of the molecule is CN(C)C(=O)CCCCCCCc1ccc(CCCC(=O)N(C)C)s1. The van der Waals surface area contributed by atoms with E-state index in [1.165, 1.54) is 29.0 Å². The molecule has 5 heteroatoms. The quantitative estimate of drug-likeness (QED) is 0.522. The molecule has 4 nitrogen and oxygen atoms in total. The second-order valence-corrected chi connectivity index (χ2v) is 8.32. The van der Waals surface area contributed by atoms with Gasteiger partial charge in [0.05, 0.1) is 0 Å². The van der Waals surface area contributed by atoms with Crippen molar-refractivity contribution < 1.29 is 9.59 Å². The molecule has 1 rings (SSSR count). The topological polar surface area (TPSA) is 40.6 Å². The number of nitrogens with zero attached hydrogens (tertiary/aromatic N) is 2. The highest BCUT2D eigenvalue weighted by Crippen LogP contribution is 2.21. The zero-order valence-electron chi connectivity index (χ0n) is 16.3. The molecule has 0 aliphatic heterocycles. The minimum atomic E-state index is 0.212. The van der Waals surface area contributed by atoms with Gasteiger partial charge in [-0.2, -0.15) is 0 Å². The Hall–Kier alpha value is -1.36. The Morgan fingerprint density at radius 1 is 0.720 bits per heavy atom. The molecule has 0 aliphatic rings. The Kier molecular flexibility index (Phi) is 10.5. The van der Waals surface area contributed by atoms with E-state index in [0.717, 1.165) is 32.1 Å². The molecule has 0 spiro atoms. The number of rotatable bonds is 12. The van der Waals surface area contributed by atoms with Gasteiger partial charge in [0, 0.05) is 50.8 Å². The molecule has 0 unspecified atom stereocenters. The van der Waals surface area contributed by atoms with Crippen molar-refractivity contribution in [1.82, 2.24) is 9.80 Å². The number of aryl methyl sites for hydroxylation is 2. The molecule has 0 N–H and O–H groups in total. The minimum Gasteiger partial charge on any atom is -0.349 e. The standard InChI is InChI=1S/C20H34N2O2S/c1-21(2)19(23)13-9-7-5-6-8-11-17-15-16-18(25-17)12-10-14-20(24)22(3)4/h15-16H,5-14H2,1-4H3. The summed E-state index contributed by atoms with van der Waals surface area (Å²) in [7, 11) is 7.26. The van der Waals surface area contributed by atoms with Crippen molar-refractivity contribution >= 4 is 23.2 Å². The Morgan fingerprint density at radius 2 is 1.16 bits per heavy atom. The van der Waals surface area contributed by atoms with Gasteiger partial charge in [0.1, 0.15) is 0 Å². The molecule has 0 radical (unpaired) electrons. The Balaban J connectivity index is 2.07. The fraction of sp³-hybridized carbons (Fsp3) is 0.700. The van der Waals surface area contributed by atoms with Crippen molar-refractivity contribution in [1.29, 1.82) is 0 Å². The summed E-state index contributed by atoms with van der Waals surface area (Å²) in [5, 5.41) is 0. The van der Waals surface area contributed by atoms with Crippen LogP contribution < -0.4 is 0 Å². The van der Waals surface area contributed by atoms with Crippen molar-refractivity contribution in [3.05, 3.63) is 21.9 Å². The molecule has 0 aromatic carbocycles. The van der Waals surface area contributed by atoms with Crippen molar-refractivity contribution in [3.8, 4) is 0 Å². The number of unbranched alkanes of at least 4 members (excludes halogenated alkanes) is 4. The van der Waals surface area contributed by atoms with Crippen molar-refractivity contribution in [2.24, 2.45) is 0 Å². The largest absolute Gasteiger partial charge is 0.349 e. The summed E-state index contributed by atoms with van der Waals surface area (Å²) in [5.41, 5.74) is 0. The number of carbonyl (C=O) groups is 2. The van der Waals surface area contributed by atoms with Crippen LogP contribution in [0.1, 0.15) is 61.1 Å². The number of thiophene rings is 1. The molecule has 25 heavy (non-hydrogen) atoms. The summed E-state index contributed by atoms with van der Waals surface area (Å²) in [6, 6.07) is 4.45. The molecule has 0 bridgehead atoms. The maximum absolute atomic E-state index is 11.6. The molecular formula is C20H34N2O2S. The lowest BCUT2D eigenvalue weighted by Crippen LogP contribution is -2.21. The van der Waals surface area contributed by atoms with E-state index in [0.29, 0.717) is 12.8 Å². The summed E-state index contributed by atoms with van der Waals surface area (Å²) >= 11 is 1.89. The molecule has 1 aromatic heterocycles. The van der Waals surface area contributed by atoms with Crippen LogP contribution in [-0.4, -0.2) is 49.8 Å². The smallest absolute Gasteiger partial charge is 0.222 e. The summed E-state index contributed by atoms with van der Waals surface area (Å²) in [5.74, 6) is 0.447. The first kappa shape index (κ1) is 21.7. The predicted molar refractivity (Wildman–Crippen MR) is 106 cm³/mol. The molecule has 0 fully saturated rings. The lowest BCUT2D eigenvalue weighted by molar-refractivity contribution is -0.129. The molecule has 2 amide bonds. The van der Waals surface area contributed by atoms with Crippen LogP contribution in [0.2, 0.25) is 0 Å². The van der Waals surface area contributed by atoms with Gasteiger partial charge in [0.15, 0.2) is 0 Å². The first-order chi connectivity index (χ1) is 11.9. The van der Waals surface area contributed by atoms with Gasteiger partial charge in [0.25, 0.3) is 0 Å². The molecule has 0 saturated carbocycles. The van der Waals surface area contributed by atoms with Crippen LogP contribution in [0.3, 0.4) is 0 Å². The van der Waals surface area contributed by atoms with Crippen molar-refractivity contribution in [3.63, 3.8) is 0 Å². The van der Waals surface area contributed by atoms with Crippen molar-refractivity contribution in [2.75, 3.05) is 28.2 Å². The lowest BCUT2D eigenvalue weighted by Gasteiger charge is -2.09. The molecule has 0 aliphatic carbocycles. The summed E-state index contributed by atoms with van der Waals surface area (Å²) in [4.78, 5) is 29.2. The van der Waals surface area contributed by atoms with E-state index in [4.69, 9.17) is 0 Å². The van der Waals surface area contributed by atoms with Gasteiger partial charge < -0.3 is 9.80 Å². The van der Waals surface area contributed by atoms with Crippen molar-refractivity contribution in [2.45, 2.75) is 64.2 Å². The number of hydrogen-bond acceptors (Lipinski definition) is 3. The molecular weight excluding hydrogens is 332 g/mol. The van der Waals surface area contributed by atoms with Crippen LogP contribution in [-0.2, 0) is 22.4 Å². The van der Waals surface area contributed by atoms with Gasteiger partial charge in [-0.05, 0) is 44.2 Å². The van der Waals surface area contributed by atoms with E-state index < -0.39 is 0 Å². The normalized spacial score (nSPS) is 10.7.